The molecule has 6 N–H and O–H groups in total. The van der Waals surface area contributed by atoms with E-state index >= 15 is 0 Å². The molecule has 5 atom stereocenters. The van der Waals surface area contributed by atoms with Crippen molar-refractivity contribution >= 4 is 40.9 Å². The molecule has 2 amide bonds. The van der Waals surface area contributed by atoms with Crippen molar-refractivity contribution in [3.05, 3.63) is 66.0 Å². The summed E-state index contributed by atoms with van der Waals surface area (Å²) in [6.45, 7) is 7.77. The largest absolute Gasteiger partial charge is 0.508 e. The van der Waals surface area contributed by atoms with Crippen molar-refractivity contribution in [3.63, 3.8) is 0 Å². The minimum Gasteiger partial charge on any atom is -0.508 e. The molecule has 3 heterocycles. The summed E-state index contributed by atoms with van der Waals surface area (Å²) in [7, 11) is 0. The van der Waals surface area contributed by atoms with Crippen molar-refractivity contribution in [1.82, 2.24) is 30.2 Å². The summed E-state index contributed by atoms with van der Waals surface area (Å²) in [5.41, 5.74) is 1.37. The normalized spacial score (nSPS) is 21.1. The van der Waals surface area contributed by atoms with E-state index in [1.54, 1.807) is 76.2 Å². The van der Waals surface area contributed by atoms with Crippen LogP contribution in [0.1, 0.15) is 70.0 Å². The number of esters is 1. The number of phenolic OH excluding ortho intramolecular Hbond substituents is 2. The lowest BCUT2D eigenvalue weighted by Crippen LogP contribution is -2.47. The molecule has 1 saturated carbocycles. The lowest BCUT2D eigenvalue weighted by molar-refractivity contribution is -0.209. The van der Waals surface area contributed by atoms with Gasteiger partial charge in [0.25, 0.3) is 0 Å². The Labute approximate surface area is 325 Å². The van der Waals surface area contributed by atoms with E-state index in [1.165, 1.54) is 10.9 Å². The number of aliphatic hydroxyl groups is 1. The van der Waals surface area contributed by atoms with Crippen LogP contribution >= 0.6 is 0 Å². The maximum atomic E-state index is 13.3. The van der Waals surface area contributed by atoms with Crippen LogP contribution < -0.4 is 20.9 Å². The molecular weight excluding hydrogens is 753 g/mol. The number of imidazole rings is 1. The second-order valence-electron chi connectivity index (χ2n) is 15.1. The molecule has 0 spiro atoms. The average molecular weight is 799 g/mol. The number of aromatic nitrogens is 4. The van der Waals surface area contributed by atoms with Crippen LogP contribution in [0, 0.1) is 0 Å². The van der Waals surface area contributed by atoms with E-state index in [0.29, 0.717) is 19.5 Å². The van der Waals surface area contributed by atoms with Gasteiger partial charge in [0.2, 0.25) is 11.9 Å². The van der Waals surface area contributed by atoms with Crippen LogP contribution in [0.15, 0.2) is 54.9 Å². The molecule has 0 bridgehead atoms. The highest BCUT2D eigenvalue weighted by atomic mass is 19.4. The number of phenols is 2. The molecule has 2 fully saturated rings. The van der Waals surface area contributed by atoms with Gasteiger partial charge in [0.1, 0.15) is 23.2 Å². The molecule has 6 rings (SSSR count). The molecular formula is C38H45F3N8O8. The van der Waals surface area contributed by atoms with Crippen molar-refractivity contribution in [1.29, 1.82) is 0 Å². The molecule has 0 unspecified atom stereocenters. The van der Waals surface area contributed by atoms with E-state index in [2.05, 4.69) is 20.9 Å². The van der Waals surface area contributed by atoms with Crippen LogP contribution in [0.2, 0.25) is 0 Å². The van der Waals surface area contributed by atoms with E-state index in [4.69, 9.17) is 19.4 Å². The first kappa shape index (κ1) is 40.8. The number of aliphatic hydroxyl groups excluding tert-OH is 1. The first-order chi connectivity index (χ1) is 26.9. The molecule has 306 valence electrons. The molecule has 0 radical (unpaired) electrons. The average Bonchev–Trinajstić information content (AvgIpc) is 3.86. The second kappa shape index (κ2) is 16.3. The highest BCUT2D eigenvalue weighted by molar-refractivity contribution is 5.85. The van der Waals surface area contributed by atoms with Gasteiger partial charge in [-0.2, -0.15) is 23.1 Å². The number of hydrogen-bond acceptors (Lipinski definition) is 13. The summed E-state index contributed by atoms with van der Waals surface area (Å²) in [5, 5.41) is 40.2. The monoisotopic (exact) mass is 798 g/mol. The smallest absolute Gasteiger partial charge is 0.490 e. The Morgan fingerprint density at radius 2 is 1.60 bits per heavy atom. The summed E-state index contributed by atoms with van der Waals surface area (Å²) in [6, 6.07) is 10.8. The molecule has 57 heavy (non-hydrogen) atoms. The molecule has 1 saturated heterocycles. The number of amides is 2. The summed E-state index contributed by atoms with van der Waals surface area (Å²) >= 11 is 0. The number of halogens is 3. The first-order valence-electron chi connectivity index (χ1n) is 18.5. The Hall–Kier alpha value is -5.85. The van der Waals surface area contributed by atoms with Crippen LogP contribution in [-0.2, 0) is 19.1 Å². The van der Waals surface area contributed by atoms with Crippen molar-refractivity contribution in [2.75, 3.05) is 29.9 Å². The standard InChI is InChI=1S/C38H45F3N8O8/c1-5-28(52)45-26-16-27(30(53)31(26)56-34(54)38(39,40)41)49-19-43-29-32(42-17-25(20-6-10-23(50)11-7-20)21-8-12-24(51)13-9-21)46-35(47-33(29)49)48-15-14-22(18-48)44-36(55)57-37(2,3)4/h6-13,19,22,25-27,30-31,50-51,53H,5,14-18H2,1-4H3,(H,44,55)(H,45,52)(H,42,46,47)/t22-,26+,27-,30+,31-/m1/s1. The molecule has 1 aliphatic carbocycles. The van der Waals surface area contributed by atoms with Gasteiger partial charge in [-0.05, 0) is 69.0 Å². The zero-order chi connectivity index (χ0) is 41.2. The Bertz CT molecular complexity index is 2030. The molecule has 1 aliphatic heterocycles. The van der Waals surface area contributed by atoms with Gasteiger partial charge < -0.3 is 50.2 Å². The SMILES string of the molecule is CCC(=O)N[C@H]1C[C@@H](n2cnc3c(NCC(c4ccc(O)cc4)c4ccc(O)cc4)nc(N4CC[C@@H](NC(=O)OC(C)(C)C)C4)nc32)[C@H](O)[C@@H]1OC(=O)C(F)(F)F. The van der Waals surface area contributed by atoms with E-state index in [0.717, 1.165) is 11.1 Å². The zero-order valence-electron chi connectivity index (χ0n) is 31.7. The van der Waals surface area contributed by atoms with Gasteiger partial charge in [-0.25, -0.2) is 14.6 Å². The van der Waals surface area contributed by atoms with E-state index in [-0.39, 0.29) is 65.8 Å². The van der Waals surface area contributed by atoms with Gasteiger partial charge in [0.15, 0.2) is 23.1 Å². The van der Waals surface area contributed by atoms with Gasteiger partial charge in [-0.1, -0.05) is 31.2 Å². The quantitative estimate of drug-likeness (QED) is 0.117. The number of alkyl halides is 3. The summed E-state index contributed by atoms with van der Waals surface area (Å²) < 4.78 is 51.6. The summed E-state index contributed by atoms with van der Waals surface area (Å²) in [6.07, 6.45) is -7.65. The molecule has 2 aromatic heterocycles. The maximum absolute atomic E-state index is 13.3. The number of aromatic hydroxyl groups is 2. The van der Waals surface area contributed by atoms with Crippen molar-refractivity contribution < 1.29 is 52.3 Å². The second-order valence-corrected chi connectivity index (χ2v) is 15.1. The minimum absolute atomic E-state index is 0.00822. The van der Waals surface area contributed by atoms with Crippen LogP contribution in [0.25, 0.3) is 11.2 Å². The van der Waals surface area contributed by atoms with Crippen molar-refractivity contribution in [2.45, 2.75) is 95.0 Å². The van der Waals surface area contributed by atoms with E-state index in [9.17, 15) is 42.9 Å². The highest BCUT2D eigenvalue weighted by Crippen LogP contribution is 2.38. The number of hydrogen-bond donors (Lipinski definition) is 6. The first-order valence-corrected chi connectivity index (χ1v) is 18.5. The van der Waals surface area contributed by atoms with Crippen LogP contribution in [0.3, 0.4) is 0 Å². The molecule has 2 aliphatic rings. The highest BCUT2D eigenvalue weighted by Gasteiger charge is 2.51. The fourth-order valence-electron chi connectivity index (χ4n) is 7.05. The maximum Gasteiger partial charge on any atom is 0.490 e. The number of carbonyl (C=O) groups is 3. The summed E-state index contributed by atoms with van der Waals surface area (Å²) in [5.74, 6) is -2.72. The van der Waals surface area contributed by atoms with Crippen LogP contribution in [-0.4, -0.2) is 109 Å². The molecule has 2 aromatic carbocycles. The molecule has 4 aromatic rings. The van der Waals surface area contributed by atoms with Gasteiger partial charge in [0.05, 0.1) is 24.5 Å². The number of benzene rings is 2. The number of rotatable bonds is 11. The third kappa shape index (κ3) is 9.58. The topological polar surface area (TPSA) is 213 Å². The van der Waals surface area contributed by atoms with Gasteiger partial charge in [0, 0.05) is 32.0 Å². The number of ether oxygens (including phenoxy) is 2. The van der Waals surface area contributed by atoms with Gasteiger partial charge in [-0.3, -0.25) is 4.79 Å². The Balaban J connectivity index is 1.37. The Kier molecular flexibility index (Phi) is 11.7. The fourth-order valence-corrected chi connectivity index (χ4v) is 7.05. The van der Waals surface area contributed by atoms with E-state index < -0.39 is 54.0 Å². The number of fused-ring (bicyclic) bond motifs is 1. The van der Waals surface area contributed by atoms with Crippen molar-refractivity contribution in [3.8, 4) is 11.5 Å². The number of carbonyl (C=O) groups excluding carboxylic acids is 3. The fraction of sp³-hybridized carbons (Fsp3) is 0.474. The number of anilines is 2. The number of alkyl carbamates (subject to hydrolysis) is 1. The number of nitrogens with zero attached hydrogens (tertiary/aromatic N) is 5. The van der Waals surface area contributed by atoms with Gasteiger partial charge in [-0.15, -0.1) is 0 Å². The van der Waals surface area contributed by atoms with Crippen LogP contribution in [0.4, 0.5) is 29.7 Å². The molecule has 19 heteroatoms. The number of nitrogens with one attached hydrogen (secondary N) is 3. The van der Waals surface area contributed by atoms with Gasteiger partial charge >= 0.3 is 18.2 Å². The predicted octanol–water partition coefficient (Wildman–Crippen LogP) is 4.26. The predicted molar refractivity (Wildman–Crippen MR) is 200 cm³/mol. The van der Waals surface area contributed by atoms with E-state index in [1.807, 2.05) is 4.90 Å². The molecule has 16 nitrogen and oxygen atoms in total. The minimum atomic E-state index is -5.34. The van der Waals surface area contributed by atoms with Crippen LogP contribution in [0.5, 0.6) is 11.5 Å². The van der Waals surface area contributed by atoms with Crippen molar-refractivity contribution in [2.24, 2.45) is 0 Å². The lowest BCUT2D eigenvalue weighted by atomic mass is 9.91. The lowest BCUT2D eigenvalue weighted by Gasteiger charge is -2.24. The Morgan fingerprint density at radius 1 is 0.965 bits per heavy atom. The zero-order valence-corrected chi connectivity index (χ0v) is 31.7. The third-order valence-corrected chi connectivity index (χ3v) is 9.79. The summed E-state index contributed by atoms with van der Waals surface area (Å²) in [4.78, 5) is 53.0. The third-order valence-electron chi connectivity index (χ3n) is 9.79. The Morgan fingerprint density at radius 3 is 2.18 bits per heavy atom.